The summed E-state index contributed by atoms with van der Waals surface area (Å²) in [4.78, 5) is 15.7. The second-order valence-electron chi connectivity index (χ2n) is 9.68. The molecule has 184 valence electrons. The Kier molecular flexibility index (Phi) is 6.18. The zero-order valence-corrected chi connectivity index (χ0v) is 21.5. The fraction of sp³-hybridized carbons (Fsp3) is 0.370. The van der Waals surface area contributed by atoms with Crippen LogP contribution >= 0.6 is 11.6 Å². The molecule has 0 bridgehead atoms. The minimum atomic E-state index is -2.93. The smallest absolute Gasteiger partial charge is 0.231 e. The van der Waals surface area contributed by atoms with Gasteiger partial charge < -0.3 is 14.6 Å². The van der Waals surface area contributed by atoms with Gasteiger partial charge in [-0.1, -0.05) is 35.9 Å². The van der Waals surface area contributed by atoms with Crippen LogP contribution in [0.5, 0.6) is 0 Å². The number of anilines is 1. The van der Waals surface area contributed by atoms with E-state index in [1.165, 1.54) is 0 Å². The summed E-state index contributed by atoms with van der Waals surface area (Å²) in [5.41, 5.74) is 4.58. The summed E-state index contributed by atoms with van der Waals surface area (Å²) in [5, 5.41) is 3.53. The molecule has 5 rings (SSSR count). The Morgan fingerprint density at radius 1 is 1.03 bits per heavy atom. The molecule has 8 heteroatoms. The highest BCUT2D eigenvalue weighted by Crippen LogP contribution is 2.49. The molecule has 2 aliphatic rings. The molecule has 1 saturated carbocycles. The normalized spacial score (nSPS) is 19.2. The first kappa shape index (κ1) is 23.9. The minimum absolute atomic E-state index is 0.0354. The zero-order chi connectivity index (χ0) is 24.8. The van der Waals surface area contributed by atoms with Crippen LogP contribution in [0.1, 0.15) is 46.9 Å². The molecule has 0 radical (unpaired) electrons. The number of nitrogens with zero attached hydrogens (tertiary/aromatic N) is 1. The third-order valence-corrected chi connectivity index (χ3v) is 9.02. The number of benzene rings is 2. The van der Waals surface area contributed by atoms with Crippen LogP contribution in [0.25, 0.3) is 0 Å². The van der Waals surface area contributed by atoms with Crippen molar-refractivity contribution in [3.05, 3.63) is 87.8 Å². The van der Waals surface area contributed by atoms with Crippen LogP contribution in [0.3, 0.4) is 0 Å². The maximum atomic E-state index is 13.7. The average Bonchev–Trinajstić information content (AvgIpc) is 3.53. The van der Waals surface area contributed by atoms with Crippen molar-refractivity contribution in [2.75, 3.05) is 29.5 Å². The number of carbonyl (C=O) groups is 1. The molecule has 1 N–H and O–H groups in total. The molecular weight excluding hydrogens is 484 g/mol. The molecule has 35 heavy (non-hydrogen) atoms. The van der Waals surface area contributed by atoms with E-state index in [9.17, 15) is 13.2 Å². The predicted octanol–water partition coefficient (Wildman–Crippen LogP) is 4.72. The third kappa shape index (κ3) is 4.84. The molecule has 0 spiro atoms. The molecule has 1 aliphatic heterocycles. The molecule has 1 aromatic heterocycles. The number of carbonyl (C=O) groups excluding carboxylic acids is 1. The summed E-state index contributed by atoms with van der Waals surface area (Å²) in [6, 6.07) is 17.2. The number of halogens is 1. The highest BCUT2D eigenvalue weighted by Gasteiger charge is 2.52. The van der Waals surface area contributed by atoms with Crippen molar-refractivity contribution < 1.29 is 17.6 Å². The van der Waals surface area contributed by atoms with Gasteiger partial charge in [0, 0.05) is 18.8 Å². The van der Waals surface area contributed by atoms with E-state index < -0.39 is 21.3 Å². The Labute approximate surface area is 211 Å². The van der Waals surface area contributed by atoms with Crippen LogP contribution in [0, 0.1) is 13.8 Å². The lowest BCUT2D eigenvalue weighted by Gasteiger charge is -2.29. The van der Waals surface area contributed by atoms with Gasteiger partial charge in [-0.15, -0.1) is 0 Å². The number of sulfone groups is 1. The van der Waals surface area contributed by atoms with Crippen molar-refractivity contribution >= 4 is 33.0 Å². The van der Waals surface area contributed by atoms with E-state index in [0.29, 0.717) is 18.8 Å². The van der Waals surface area contributed by atoms with Gasteiger partial charge in [-0.2, -0.15) is 0 Å². The first-order chi connectivity index (χ1) is 16.7. The van der Waals surface area contributed by atoms with Crippen molar-refractivity contribution in [1.82, 2.24) is 5.32 Å². The molecule has 2 heterocycles. The van der Waals surface area contributed by atoms with Crippen molar-refractivity contribution in [2.45, 2.75) is 38.1 Å². The van der Waals surface area contributed by atoms with Gasteiger partial charge in [0.05, 0.1) is 16.9 Å². The lowest BCUT2D eigenvalue weighted by Crippen LogP contribution is -2.40. The van der Waals surface area contributed by atoms with Crippen LogP contribution in [0.4, 0.5) is 5.69 Å². The monoisotopic (exact) mass is 512 g/mol. The van der Waals surface area contributed by atoms with Crippen molar-refractivity contribution in [3.8, 4) is 0 Å². The molecule has 1 saturated heterocycles. The van der Waals surface area contributed by atoms with Gasteiger partial charge in [0.15, 0.2) is 15.1 Å². The third-order valence-electron chi connectivity index (χ3n) is 7.20. The summed E-state index contributed by atoms with van der Waals surface area (Å²) in [5.74, 6) is 0.920. The second-order valence-corrected chi connectivity index (χ2v) is 12.4. The van der Waals surface area contributed by atoms with Gasteiger partial charge in [-0.05, 0) is 79.2 Å². The first-order valence-corrected chi connectivity index (χ1v) is 14.1. The predicted molar refractivity (Wildman–Crippen MR) is 138 cm³/mol. The van der Waals surface area contributed by atoms with Crippen LogP contribution in [0.15, 0.2) is 59.0 Å². The minimum Gasteiger partial charge on any atom is -0.447 e. The lowest BCUT2D eigenvalue weighted by atomic mass is 9.92. The maximum Gasteiger partial charge on any atom is 0.231 e. The summed E-state index contributed by atoms with van der Waals surface area (Å²) >= 11 is 6.07. The van der Waals surface area contributed by atoms with E-state index in [4.69, 9.17) is 16.0 Å². The van der Waals surface area contributed by atoms with E-state index in [1.54, 1.807) is 12.1 Å². The number of aryl methyl sites for hydroxylation is 2. The standard InChI is InChI=1S/C27H29ClN2O4S/c1-18-3-8-22(19(2)17-18)25(23-9-10-24(28)34-23)29-26(31)27(11-12-27)20-4-6-21(7-5-20)30-13-15-35(32,33)16-14-30/h3-10,17,25H,11-16H2,1-2H3,(H,29,31). The fourth-order valence-electron chi connectivity index (χ4n) is 4.94. The largest absolute Gasteiger partial charge is 0.447 e. The number of amides is 1. The van der Waals surface area contributed by atoms with Crippen molar-refractivity contribution in [1.29, 1.82) is 0 Å². The van der Waals surface area contributed by atoms with Gasteiger partial charge in [0.2, 0.25) is 5.91 Å². The summed E-state index contributed by atoms with van der Waals surface area (Å²) < 4.78 is 29.2. The maximum absolute atomic E-state index is 13.7. The first-order valence-electron chi connectivity index (χ1n) is 11.9. The van der Waals surface area contributed by atoms with Gasteiger partial charge >= 0.3 is 0 Å². The average molecular weight is 513 g/mol. The summed E-state index contributed by atoms with van der Waals surface area (Å²) in [6.07, 6.45) is 1.55. The number of furan rings is 1. The van der Waals surface area contributed by atoms with E-state index in [2.05, 4.69) is 16.3 Å². The number of nitrogens with one attached hydrogen (secondary N) is 1. The highest BCUT2D eigenvalue weighted by molar-refractivity contribution is 7.91. The van der Waals surface area contributed by atoms with E-state index >= 15 is 0 Å². The summed E-state index contributed by atoms with van der Waals surface area (Å²) in [6.45, 7) is 5.07. The Balaban J connectivity index is 1.37. The number of hydrogen-bond acceptors (Lipinski definition) is 5. The van der Waals surface area contributed by atoms with Gasteiger partial charge in [-0.3, -0.25) is 4.79 Å². The molecule has 1 atom stereocenters. The number of hydrogen-bond donors (Lipinski definition) is 1. The molecule has 2 aromatic carbocycles. The second kappa shape index (κ2) is 9.03. The van der Waals surface area contributed by atoms with Gasteiger partial charge in [0.25, 0.3) is 0 Å². The molecule has 1 amide bonds. The highest BCUT2D eigenvalue weighted by atomic mass is 35.5. The molecule has 2 fully saturated rings. The van der Waals surface area contributed by atoms with E-state index in [1.807, 2.05) is 50.2 Å². The Hall–Kier alpha value is -2.77. The van der Waals surface area contributed by atoms with Crippen LogP contribution in [-0.4, -0.2) is 38.9 Å². The molecule has 6 nitrogen and oxygen atoms in total. The zero-order valence-electron chi connectivity index (χ0n) is 19.9. The Morgan fingerprint density at radius 3 is 2.29 bits per heavy atom. The molecule has 1 unspecified atom stereocenters. The lowest BCUT2D eigenvalue weighted by molar-refractivity contribution is -0.124. The van der Waals surface area contributed by atoms with Gasteiger partial charge in [0.1, 0.15) is 11.8 Å². The SMILES string of the molecule is Cc1ccc(C(NC(=O)C2(c3ccc(N4CCS(=O)(=O)CC4)cc3)CC2)c2ccc(Cl)o2)c(C)c1. The van der Waals surface area contributed by atoms with Crippen molar-refractivity contribution in [2.24, 2.45) is 0 Å². The number of rotatable bonds is 6. The Bertz CT molecular complexity index is 1350. The van der Waals surface area contributed by atoms with Crippen LogP contribution < -0.4 is 10.2 Å². The Morgan fingerprint density at radius 2 is 1.71 bits per heavy atom. The van der Waals surface area contributed by atoms with Crippen molar-refractivity contribution in [3.63, 3.8) is 0 Å². The van der Waals surface area contributed by atoms with Crippen LogP contribution in [0.2, 0.25) is 5.22 Å². The fourth-order valence-corrected chi connectivity index (χ4v) is 6.29. The van der Waals surface area contributed by atoms with Gasteiger partial charge in [-0.25, -0.2) is 8.42 Å². The molecule has 1 aliphatic carbocycles. The molecular formula is C27H29ClN2O4S. The van der Waals surface area contributed by atoms with E-state index in [-0.39, 0.29) is 22.6 Å². The van der Waals surface area contributed by atoms with Crippen LogP contribution in [-0.2, 0) is 20.0 Å². The topological polar surface area (TPSA) is 79.6 Å². The van der Waals surface area contributed by atoms with E-state index in [0.717, 1.165) is 40.8 Å². The molecule has 3 aromatic rings. The quantitative estimate of drug-likeness (QED) is 0.517. The summed E-state index contributed by atoms with van der Waals surface area (Å²) in [7, 11) is -2.93.